The lowest BCUT2D eigenvalue weighted by molar-refractivity contribution is -0.404. The maximum atomic E-state index is 12.9. The molecule has 0 bridgehead atoms. The maximum Gasteiger partial charge on any atom is 0.482 e. The van der Waals surface area contributed by atoms with Gasteiger partial charge in [-0.2, -0.15) is 39.5 Å². The van der Waals surface area contributed by atoms with E-state index in [1.165, 1.54) is 0 Å². The second-order valence-corrected chi connectivity index (χ2v) is 3.37. The molecule has 0 spiro atoms. The van der Waals surface area contributed by atoms with Gasteiger partial charge in [-0.3, -0.25) is 0 Å². The van der Waals surface area contributed by atoms with Gasteiger partial charge in [0.15, 0.2) is 0 Å². The first-order chi connectivity index (χ1) is 8.56. The first-order valence-corrected chi connectivity index (χ1v) is 4.33. The predicted octanol–water partition coefficient (Wildman–Crippen LogP) is 3.07. The Morgan fingerprint density at radius 2 is 1.40 bits per heavy atom. The van der Waals surface area contributed by atoms with Crippen LogP contribution in [0.2, 0.25) is 0 Å². The Balaban J connectivity index is 5.10. The van der Waals surface area contributed by atoms with E-state index in [1.807, 2.05) is 0 Å². The number of aliphatic carboxylic acids is 1. The SMILES string of the molecule is C=C(C(=O)O)C(F)(F)C(F)(F)COC(F)(F)C(F)(F)F. The second-order valence-electron chi connectivity index (χ2n) is 3.37. The molecule has 0 atom stereocenters. The Kier molecular flexibility index (Phi) is 4.77. The summed E-state index contributed by atoms with van der Waals surface area (Å²) in [6.45, 7) is -0.980. The lowest BCUT2D eigenvalue weighted by atomic mass is 10.0. The van der Waals surface area contributed by atoms with Gasteiger partial charge in [0, 0.05) is 0 Å². The third-order valence-electron chi connectivity index (χ3n) is 1.86. The highest BCUT2D eigenvalue weighted by molar-refractivity contribution is 5.88. The minimum absolute atomic E-state index is 2.09. The van der Waals surface area contributed by atoms with Crippen LogP contribution < -0.4 is 0 Å². The van der Waals surface area contributed by atoms with Gasteiger partial charge in [-0.25, -0.2) is 4.79 Å². The first-order valence-electron chi connectivity index (χ1n) is 4.33. The fraction of sp³-hybridized carbons (Fsp3) is 0.625. The van der Waals surface area contributed by atoms with Crippen molar-refractivity contribution < 1.29 is 54.2 Å². The van der Waals surface area contributed by atoms with Crippen molar-refractivity contribution in [3.8, 4) is 0 Å². The van der Waals surface area contributed by atoms with Crippen molar-refractivity contribution in [3.05, 3.63) is 12.2 Å². The quantitative estimate of drug-likeness (QED) is 0.604. The van der Waals surface area contributed by atoms with Crippen LogP contribution in [0.25, 0.3) is 0 Å². The van der Waals surface area contributed by atoms with Gasteiger partial charge in [-0.1, -0.05) is 6.58 Å². The zero-order chi connectivity index (χ0) is 16.6. The van der Waals surface area contributed by atoms with Gasteiger partial charge in [-0.05, 0) is 0 Å². The van der Waals surface area contributed by atoms with Crippen LogP contribution >= 0.6 is 0 Å². The fourth-order valence-corrected chi connectivity index (χ4v) is 0.709. The molecule has 0 aliphatic heterocycles. The van der Waals surface area contributed by atoms with E-state index in [1.54, 1.807) is 0 Å². The molecule has 0 aromatic heterocycles. The topological polar surface area (TPSA) is 46.5 Å². The summed E-state index contributed by atoms with van der Waals surface area (Å²) < 4.78 is 113. The number of hydrogen-bond acceptors (Lipinski definition) is 2. The van der Waals surface area contributed by atoms with E-state index in [9.17, 15) is 44.3 Å². The lowest BCUT2D eigenvalue weighted by Gasteiger charge is -2.28. The molecule has 0 aliphatic carbocycles. The number of carboxylic acids is 1. The third kappa shape index (κ3) is 3.55. The standard InChI is InChI=1S/C8H5F9O3/c1-3(4(18)19)6(11,12)5(9,10)2-20-8(16,17)7(13,14)15/h1-2H2,(H,18,19). The Bertz CT molecular complexity index is 398. The van der Waals surface area contributed by atoms with Crippen LogP contribution in [0.1, 0.15) is 0 Å². The Hall–Kier alpha value is -1.46. The van der Waals surface area contributed by atoms with Crippen molar-refractivity contribution in [1.82, 2.24) is 0 Å². The average molecular weight is 320 g/mol. The molecule has 0 aromatic rings. The number of carbonyl (C=O) groups is 1. The van der Waals surface area contributed by atoms with Gasteiger partial charge in [-0.15, -0.1) is 0 Å². The number of alkyl halides is 9. The number of carboxylic acid groups (broad SMARTS) is 1. The summed E-state index contributed by atoms with van der Waals surface area (Å²) in [5.74, 6) is -13.8. The number of ether oxygens (including phenoxy) is 1. The molecular weight excluding hydrogens is 315 g/mol. The third-order valence-corrected chi connectivity index (χ3v) is 1.86. The second kappa shape index (κ2) is 5.14. The van der Waals surface area contributed by atoms with E-state index in [-0.39, 0.29) is 0 Å². The summed E-state index contributed by atoms with van der Waals surface area (Å²) in [5, 5.41) is 8.06. The minimum Gasteiger partial charge on any atom is -0.478 e. The van der Waals surface area contributed by atoms with Crippen molar-refractivity contribution in [2.45, 2.75) is 24.1 Å². The van der Waals surface area contributed by atoms with Crippen LogP contribution in [0, 0.1) is 0 Å². The Morgan fingerprint density at radius 3 is 1.70 bits per heavy atom. The predicted molar refractivity (Wildman–Crippen MR) is 43.6 cm³/mol. The molecule has 0 saturated heterocycles. The summed E-state index contributed by atoms with van der Waals surface area (Å²) in [6.07, 6.45) is -12.5. The van der Waals surface area contributed by atoms with Gasteiger partial charge < -0.3 is 9.84 Å². The minimum atomic E-state index is -6.40. The molecule has 12 heteroatoms. The molecule has 0 radical (unpaired) electrons. The monoisotopic (exact) mass is 320 g/mol. The van der Waals surface area contributed by atoms with Crippen molar-refractivity contribution in [2.75, 3.05) is 6.61 Å². The molecule has 20 heavy (non-hydrogen) atoms. The van der Waals surface area contributed by atoms with Crippen molar-refractivity contribution in [3.63, 3.8) is 0 Å². The number of halogens is 9. The molecule has 3 nitrogen and oxygen atoms in total. The van der Waals surface area contributed by atoms with Crippen molar-refractivity contribution in [1.29, 1.82) is 0 Å². The molecule has 0 rings (SSSR count). The highest BCUT2D eigenvalue weighted by atomic mass is 19.4. The van der Waals surface area contributed by atoms with Gasteiger partial charge in [0.2, 0.25) is 0 Å². The summed E-state index contributed by atoms with van der Waals surface area (Å²) in [4.78, 5) is 10.1. The largest absolute Gasteiger partial charge is 0.482 e. The Morgan fingerprint density at radius 1 is 1.00 bits per heavy atom. The number of hydrogen-bond donors (Lipinski definition) is 1. The van der Waals surface area contributed by atoms with E-state index in [2.05, 4.69) is 11.3 Å². The highest BCUT2D eigenvalue weighted by Crippen LogP contribution is 2.43. The maximum absolute atomic E-state index is 12.9. The Labute approximate surface area is 104 Å². The molecular formula is C8H5F9O3. The summed E-state index contributed by atoms with van der Waals surface area (Å²) in [5.41, 5.74) is -2.39. The van der Waals surface area contributed by atoms with Crippen molar-refractivity contribution in [2.24, 2.45) is 0 Å². The molecule has 0 saturated carbocycles. The van der Waals surface area contributed by atoms with Crippen LogP contribution in [0.15, 0.2) is 12.2 Å². The molecule has 1 N–H and O–H groups in total. The van der Waals surface area contributed by atoms with E-state index in [4.69, 9.17) is 5.11 Å². The zero-order valence-electron chi connectivity index (χ0n) is 9.08. The number of rotatable bonds is 6. The molecule has 118 valence electrons. The van der Waals surface area contributed by atoms with Crippen LogP contribution in [0.3, 0.4) is 0 Å². The molecule has 0 aliphatic rings. The molecule has 0 heterocycles. The normalized spacial score (nSPS) is 14.2. The van der Waals surface area contributed by atoms with Crippen LogP contribution in [-0.2, 0) is 9.53 Å². The molecule has 0 fully saturated rings. The van der Waals surface area contributed by atoms with E-state index in [0.717, 1.165) is 0 Å². The molecule has 0 amide bonds. The lowest BCUT2D eigenvalue weighted by Crippen LogP contribution is -2.50. The summed E-state index contributed by atoms with van der Waals surface area (Å²) in [7, 11) is 0. The summed E-state index contributed by atoms with van der Waals surface area (Å²) >= 11 is 0. The van der Waals surface area contributed by atoms with Crippen molar-refractivity contribution >= 4 is 5.97 Å². The van der Waals surface area contributed by atoms with E-state index >= 15 is 0 Å². The van der Waals surface area contributed by atoms with Crippen LogP contribution in [0.5, 0.6) is 0 Å². The smallest absolute Gasteiger partial charge is 0.478 e. The average Bonchev–Trinajstić information content (AvgIpc) is 2.23. The van der Waals surface area contributed by atoms with Crippen LogP contribution in [0.4, 0.5) is 39.5 Å². The zero-order valence-corrected chi connectivity index (χ0v) is 9.08. The molecule has 0 unspecified atom stereocenters. The van der Waals surface area contributed by atoms with Gasteiger partial charge in [0.1, 0.15) is 12.2 Å². The van der Waals surface area contributed by atoms with E-state index in [0.29, 0.717) is 0 Å². The van der Waals surface area contributed by atoms with Gasteiger partial charge in [0.25, 0.3) is 0 Å². The van der Waals surface area contributed by atoms with Gasteiger partial charge >= 0.3 is 30.1 Å². The molecule has 0 aromatic carbocycles. The highest BCUT2D eigenvalue weighted by Gasteiger charge is 2.65. The first kappa shape index (κ1) is 18.5. The van der Waals surface area contributed by atoms with E-state index < -0.39 is 42.3 Å². The fourth-order valence-electron chi connectivity index (χ4n) is 0.709. The van der Waals surface area contributed by atoms with Crippen LogP contribution in [-0.4, -0.2) is 41.8 Å². The summed E-state index contributed by atoms with van der Waals surface area (Å²) in [6, 6.07) is 0. The van der Waals surface area contributed by atoms with Gasteiger partial charge in [0.05, 0.1) is 0 Å².